The van der Waals surface area contributed by atoms with Gasteiger partial charge in [0.1, 0.15) is 0 Å². The van der Waals surface area contributed by atoms with Crippen LogP contribution in [0.4, 0.5) is 0 Å². The zero-order valence-corrected chi connectivity index (χ0v) is 9.77. The molecule has 2 rings (SSSR count). The smallest absolute Gasteiger partial charge is 0.0688 e. The van der Waals surface area contributed by atoms with Gasteiger partial charge in [-0.3, -0.25) is 5.10 Å². The van der Waals surface area contributed by atoms with Crippen LogP contribution >= 0.6 is 0 Å². The van der Waals surface area contributed by atoms with Gasteiger partial charge in [0.2, 0.25) is 0 Å². The van der Waals surface area contributed by atoms with Gasteiger partial charge in [-0.2, -0.15) is 5.10 Å². The lowest BCUT2D eigenvalue weighted by Gasteiger charge is -2.22. The van der Waals surface area contributed by atoms with E-state index < -0.39 is 0 Å². The molecule has 0 atom stereocenters. The van der Waals surface area contributed by atoms with E-state index in [0.717, 1.165) is 13.1 Å². The summed E-state index contributed by atoms with van der Waals surface area (Å²) in [5.41, 5.74) is 4.09. The van der Waals surface area contributed by atoms with Crippen LogP contribution in [0.3, 0.4) is 0 Å². The fraction of sp³-hybridized carbons (Fsp3) is 0.750. The van der Waals surface area contributed by atoms with Crippen LogP contribution in [0.5, 0.6) is 0 Å². The monoisotopic (exact) mass is 207 g/mol. The largest absolute Gasteiger partial charge is 0.317 e. The Labute approximate surface area is 91.7 Å². The van der Waals surface area contributed by atoms with Gasteiger partial charge >= 0.3 is 0 Å². The molecule has 15 heavy (non-hydrogen) atoms. The zero-order valence-electron chi connectivity index (χ0n) is 9.77. The van der Waals surface area contributed by atoms with Crippen molar-refractivity contribution in [3.8, 4) is 0 Å². The molecule has 84 valence electrons. The normalized spacial score (nSPS) is 18.3. The number of aryl methyl sites for hydroxylation is 1. The Kier molecular flexibility index (Phi) is 3.41. The Morgan fingerprint density at radius 1 is 1.33 bits per heavy atom. The summed E-state index contributed by atoms with van der Waals surface area (Å²) in [7, 11) is 0. The summed E-state index contributed by atoms with van der Waals surface area (Å²) in [5.74, 6) is 0.678. The second-order valence-corrected chi connectivity index (χ2v) is 4.49. The van der Waals surface area contributed by atoms with Crippen LogP contribution < -0.4 is 5.32 Å². The predicted molar refractivity (Wildman–Crippen MR) is 62.2 cm³/mol. The highest BCUT2D eigenvalue weighted by Gasteiger charge is 2.21. The summed E-state index contributed by atoms with van der Waals surface area (Å²) in [6, 6.07) is 0. The maximum Gasteiger partial charge on any atom is 0.0688 e. The minimum atomic E-state index is 0.678. The van der Waals surface area contributed by atoms with E-state index in [1.54, 1.807) is 0 Å². The highest BCUT2D eigenvalue weighted by Crippen LogP contribution is 2.28. The Morgan fingerprint density at radius 2 is 2.07 bits per heavy atom. The number of rotatable bonds is 3. The van der Waals surface area contributed by atoms with E-state index in [1.165, 1.54) is 42.6 Å². The Bertz CT molecular complexity index is 311. The van der Waals surface area contributed by atoms with E-state index >= 15 is 0 Å². The molecule has 3 heteroatoms. The molecule has 0 bridgehead atoms. The molecule has 0 saturated carbocycles. The van der Waals surface area contributed by atoms with Crippen molar-refractivity contribution in [1.29, 1.82) is 0 Å². The van der Waals surface area contributed by atoms with Crippen molar-refractivity contribution >= 4 is 0 Å². The lowest BCUT2D eigenvalue weighted by atomic mass is 9.90. The number of hydrogen-bond acceptors (Lipinski definition) is 2. The van der Waals surface area contributed by atoms with E-state index in [4.69, 9.17) is 0 Å². The van der Waals surface area contributed by atoms with Crippen LogP contribution in [0, 0.1) is 6.92 Å². The van der Waals surface area contributed by atoms with Crippen molar-refractivity contribution in [2.45, 2.75) is 45.4 Å². The molecule has 1 aliphatic rings. The van der Waals surface area contributed by atoms with Gasteiger partial charge in [0.05, 0.1) is 5.69 Å². The van der Waals surface area contributed by atoms with Gasteiger partial charge in [0.25, 0.3) is 0 Å². The number of H-pyrrole nitrogens is 1. The van der Waals surface area contributed by atoms with Gasteiger partial charge in [0.15, 0.2) is 0 Å². The topological polar surface area (TPSA) is 40.7 Å². The fourth-order valence-electron chi connectivity index (χ4n) is 2.47. The third-order valence-electron chi connectivity index (χ3n) is 3.33. The van der Waals surface area contributed by atoms with Gasteiger partial charge < -0.3 is 5.32 Å². The van der Waals surface area contributed by atoms with Crippen molar-refractivity contribution in [1.82, 2.24) is 15.5 Å². The first-order valence-corrected chi connectivity index (χ1v) is 6.07. The zero-order chi connectivity index (χ0) is 10.7. The van der Waals surface area contributed by atoms with Crippen LogP contribution in [0.2, 0.25) is 0 Å². The van der Waals surface area contributed by atoms with Crippen LogP contribution in [-0.2, 0) is 6.42 Å². The van der Waals surface area contributed by atoms with Crippen molar-refractivity contribution < 1.29 is 0 Å². The molecular weight excluding hydrogens is 186 g/mol. The molecular formula is C12H21N3. The van der Waals surface area contributed by atoms with Crippen LogP contribution in [0.1, 0.15) is 49.1 Å². The van der Waals surface area contributed by atoms with E-state index in [0.29, 0.717) is 5.92 Å². The third kappa shape index (κ3) is 2.23. The summed E-state index contributed by atoms with van der Waals surface area (Å²) in [5, 5.41) is 11.1. The van der Waals surface area contributed by atoms with Gasteiger partial charge in [-0.25, -0.2) is 0 Å². The first-order chi connectivity index (χ1) is 7.33. The molecule has 1 aliphatic heterocycles. The molecule has 2 heterocycles. The number of piperidine rings is 1. The molecule has 0 aliphatic carbocycles. The van der Waals surface area contributed by atoms with E-state index in [9.17, 15) is 0 Å². The summed E-state index contributed by atoms with van der Waals surface area (Å²) < 4.78 is 0. The van der Waals surface area contributed by atoms with Gasteiger partial charge in [-0.1, -0.05) is 13.3 Å². The van der Waals surface area contributed by atoms with Gasteiger partial charge in [0, 0.05) is 11.6 Å². The molecule has 0 aromatic carbocycles. The standard InChI is InChI=1S/C12H21N3/c1-3-4-11-9(2)14-15-12(11)10-5-7-13-8-6-10/h10,13H,3-8H2,1-2H3,(H,14,15). The molecule has 3 nitrogen and oxygen atoms in total. The molecule has 1 saturated heterocycles. The van der Waals surface area contributed by atoms with E-state index in [-0.39, 0.29) is 0 Å². The van der Waals surface area contributed by atoms with Crippen molar-refractivity contribution in [3.63, 3.8) is 0 Å². The second kappa shape index (κ2) is 4.79. The fourth-order valence-corrected chi connectivity index (χ4v) is 2.47. The first-order valence-electron chi connectivity index (χ1n) is 6.07. The average molecular weight is 207 g/mol. The van der Waals surface area contributed by atoms with E-state index in [2.05, 4.69) is 29.4 Å². The second-order valence-electron chi connectivity index (χ2n) is 4.49. The molecule has 0 radical (unpaired) electrons. The minimum absolute atomic E-state index is 0.678. The third-order valence-corrected chi connectivity index (χ3v) is 3.33. The lowest BCUT2D eigenvalue weighted by Crippen LogP contribution is -2.27. The Hall–Kier alpha value is -0.830. The molecule has 2 N–H and O–H groups in total. The highest BCUT2D eigenvalue weighted by molar-refractivity contribution is 5.27. The highest BCUT2D eigenvalue weighted by atomic mass is 15.1. The summed E-state index contributed by atoms with van der Waals surface area (Å²) in [6.07, 6.45) is 4.85. The maximum atomic E-state index is 4.51. The van der Waals surface area contributed by atoms with Crippen LogP contribution in [-0.4, -0.2) is 23.3 Å². The van der Waals surface area contributed by atoms with Crippen molar-refractivity contribution in [2.24, 2.45) is 0 Å². The Morgan fingerprint density at radius 3 is 2.73 bits per heavy atom. The molecule has 1 aromatic rings. The molecule has 1 aromatic heterocycles. The van der Waals surface area contributed by atoms with Gasteiger partial charge in [-0.15, -0.1) is 0 Å². The molecule has 0 amide bonds. The minimum Gasteiger partial charge on any atom is -0.317 e. The SMILES string of the molecule is CCCc1c(C2CCNCC2)n[nH]c1C. The number of hydrogen-bond donors (Lipinski definition) is 2. The number of nitrogens with one attached hydrogen (secondary N) is 2. The molecule has 0 spiro atoms. The number of aromatic nitrogens is 2. The summed E-state index contributed by atoms with van der Waals surface area (Å²) in [4.78, 5) is 0. The van der Waals surface area contributed by atoms with Crippen LogP contribution in [0.15, 0.2) is 0 Å². The maximum absolute atomic E-state index is 4.51. The number of nitrogens with zero attached hydrogens (tertiary/aromatic N) is 1. The first kappa shape index (κ1) is 10.7. The summed E-state index contributed by atoms with van der Waals surface area (Å²) in [6.45, 7) is 6.66. The quantitative estimate of drug-likeness (QED) is 0.797. The van der Waals surface area contributed by atoms with E-state index in [1.807, 2.05) is 0 Å². The predicted octanol–water partition coefficient (Wildman–Crippen LogP) is 2.14. The van der Waals surface area contributed by atoms with Gasteiger partial charge in [-0.05, 0) is 44.8 Å². The lowest BCUT2D eigenvalue weighted by molar-refractivity contribution is 0.450. The Balaban J connectivity index is 2.18. The van der Waals surface area contributed by atoms with Crippen LogP contribution in [0.25, 0.3) is 0 Å². The summed E-state index contributed by atoms with van der Waals surface area (Å²) >= 11 is 0. The average Bonchev–Trinajstić information content (AvgIpc) is 2.63. The van der Waals surface area contributed by atoms with Crippen molar-refractivity contribution in [3.05, 3.63) is 17.0 Å². The van der Waals surface area contributed by atoms with Crippen molar-refractivity contribution in [2.75, 3.05) is 13.1 Å². The molecule has 0 unspecified atom stereocenters. The molecule has 1 fully saturated rings. The number of aromatic amines is 1.